The lowest BCUT2D eigenvalue weighted by molar-refractivity contribution is -0.119. The van der Waals surface area contributed by atoms with Crippen molar-refractivity contribution in [1.82, 2.24) is 30.4 Å². The fourth-order valence-corrected chi connectivity index (χ4v) is 3.05. The van der Waals surface area contributed by atoms with Crippen molar-refractivity contribution in [2.45, 2.75) is 19.0 Å². The van der Waals surface area contributed by atoms with Crippen LogP contribution in [0.2, 0.25) is 0 Å². The molecule has 2 N–H and O–H groups in total. The van der Waals surface area contributed by atoms with E-state index >= 15 is 0 Å². The van der Waals surface area contributed by atoms with Crippen molar-refractivity contribution in [2.24, 2.45) is 0 Å². The molecule has 2 amide bonds. The van der Waals surface area contributed by atoms with Crippen molar-refractivity contribution in [3.63, 3.8) is 0 Å². The van der Waals surface area contributed by atoms with Gasteiger partial charge in [0.1, 0.15) is 5.82 Å². The minimum absolute atomic E-state index is 0.0256. The number of nitrogens with zero attached hydrogens (tertiary/aromatic N) is 4. The molecule has 26 heavy (non-hydrogen) atoms. The standard InChI is InChI=1S/C16H15FN6O2S/c1-9-7-10(2)23-15(18-9)21-22-16(23)26-8-13(24)19-20-14(25)11-3-5-12(17)6-4-11/h3-7H,8H2,1-2H3,(H,19,24)(H,20,25). The summed E-state index contributed by atoms with van der Waals surface area (Å²) >= 11 is 1.17. The van der Waals surface area contributed by atoms with Crippen LogP contribution in [0.25, 0.3) is 5.78 Å². The molecule has 0 spiro atoms. The number of thioether (sulfide) groups is 1. The Kier molecular flexibility index (Phi) is 5.12. The quantitative estimate of drug-likeness (QED) is 0.529. The molecule has 134 valence electrons. The van der Waals surface area contributed by atoms with Crippen LogP contribution in [0.15, 0.2) is 35.5 Å². The van der Waals surface area contributed by atoms with E-state index in [0.717, 1.165) is 11.4 Å². The SMILES string of the molecule is Cc1cc(C)n2c(SCC(=O)NNC(=O)c3ccc(F)cc3)nnc2n1. The molecule has 0 aliphatic carbocycles. The van der Waals surface area contributed by atoms with Gasteiger partial charge in [0.05, 0.1) is 5.75 Å². The van der Waals surface area contributed by atoms with Crippen LogP contribution in [-0.4, -0.2) is 37.1 Å². The van der Waals surface area contributed by atoms with Gasteiger partial charge in [0.2, 0.25) is 5.91 Å². The Morgan fingerprint density at radius 3 is 2.62 bits per heavy atom. The maximum atomic E-state index is 12.8. The molecule has 10 heteroatoms. The highest BCUT2D eigenvalue weighted by Crippen LogP contribution is 2.18. The first-order valence-electron chi connectivity index (χ1n) is 7.61. The summed E-state index contributed by atoms with van der Waals surface area (Å²) in [6, 6.07) is 6.88. The van der Waals surface area contributed by atoms with Crippen LogP contribution < -0.4 is 10.9 Å². The monoisotopic (exact) mass is 374 g/mol. The lowest BCUT2D eigenvalue weighted by Crippen LogP contribution is -2.42. The van der Waals surface area contributed by atoms with Crippen LogP contribution in [0.1, 0.15) is 21.7 Å². The highest BCUT2D eigenvalue weighted by atomic mass is 32.2. The molecule has 0 radical (unpaired) electrons. The van der Waals surface area contributed by atoms with Crippen LogP contribution in [0.4, 0.5) is 4.39 Å². The molecule has 0 aliphatic heterocycles. The van der Waals surface area contributed by atoms with E-state index in [9.17, 15) is 14.0 Å². The molecule has 1 aromatic carbocycles. The van der Waals surface area contributed by atoms with E-state index in [-0.39, 0.29) is 11.3 Å². The smallest absolute Gasteiger partial charge is 0.269 e. The van der Waals surface area contributed by atoms with Crippen LogP contribution in [0.5, 0.6) is 0 Å². The molecule has 3 rings (SSSR count). The van der Waals surface area contributed by atoms with Gasteiger partial charge in [-0.2, -0.15) is 0 Å². The Morgan fingerprint density at radius 1 is 1.15 bits per heavy atom. The molecule has 0 saturated carbocycles. The third-order valence-electron chi connectivity index (χ3n) is 3.42. The lowest BCUT2D eigenvalue weighted by atomic mass is 10.2. The molecule has 0 fully saturated rings. The summed E-state index contributed by atoms with van der Waals surface area (Å²) < 4.78 is 14.6. The van der Waals surface area contributed by atoms with Gasteiger partial charge in [-0.05, 0) is 44.2 Å². The van der Waals surface area contributed by atoms with E-state index in [1.54, 1.807) is 4.40 Å². The fraction of sp³-hybridized carbons (Fsp3) is 0.188. The first-order chi connectivity index (χ1) is 12.4. The van der Waals surface area contributed by atoms with Crippen molar-refractivity contribution in [3.8, 4) is 0 Å². The molecule has 0 saturated heterocycles. The van der Waals surface area contributed by atoms with Crippen molar-refractivity contribution in [2.75, 3.05) is 5.75 Å². The minimum atomic E-state index is -0.535. The maximum absolute atomic E-state index is 12.8. The van der Waals surface area contributed by atoms with Crippen molar-refractivity contribution >= 4 is 29.4 Å². The Labute approximate surface area is 152 Å². The normalized spacial score (nSPS) is 10.7. The number of hydrogen-bond donors (Lipinski definition) is 2. The zero-order valence-corrected chi connectivity index (χ0v) is 14.8. The first-order valence-corrected chi connectivity index (χ1v) is 8.59. The summed E-state index contributed by atoms with van der Waals surface area (Å²) in [4.78, 5) is 28.1. The maximum Gasteiger partial charge on any atom is 0.269 e. The van der Waals surface area contributed by atoms with E-state index in [0.29, 0.717) is 10.9 Å². The molecule has 2 aromatic heterocycles. The molecule has 0 atom stereocenters. The Bertz CT molecular complexity index is 973. The van der Waals surface area contributed by atoms with Crippen LogP contribution in [-0.2, 0) is 4.79 Å². The number of nitrogens with one attached hydrogen (secondary N) is 2. The summed E-state index contributed by atoms with van der Waals surface area (Å²) in [5.41, 5.74) is 6.56. The first kappa shape index (κ1) is 17.8. The molecule has 0 aliphatic rings. The number of amides is 2. The van der Waals surface area contributed by atoms with Crippen molar-refractivity contribution < 1.29 is 14.0 Å². The van der Waals surface area contributed by atoms with Gasteiger partial charge in [0.15, 0.2) is 5.16 Å². The third-order valence-corrected chi connectivity index (χ3v) is 4.35. The molecular weight excluding hydrogens is 359 g/mol. The summed E-state index contributed by atoms with van der Waals surface area (Å²) in [6.07, 6.45) is 0. The van der Waals surface area contributed by atoms with Gasteiger partial charge >= 0.3 is 0 Å². The van der Waals surface area contributed by atoms with Gasteiger partial charge in [0, 0.05) is 17.0 Å². The van der Waals surface area contributed by atoms with Gasteiger partial charge in [-0.3, -0.25) is 24.8 Å². The predicted molar refractivity (Wildman–Crippen MR) is 93.0 cm³/mol. The lowest BCUT2D eigenvalue weighted by Gasteiger charge is -2.07. The van der Waals surface area contributed by atoms with E-state index in [4.69, 9.17) is 0 Å². The molecule has 3 aromatic rings. The summed E-state index contributed by atoms with van der Waals surface area (Å²) in [6.45, 7) is 3.77. The minimum Gasteiger partial charge on any atom is -0.272 e. The summed E-state index contributed by atoms with van der Waals surface area (Å²) in [7, 11) is 0. The van der Waals surface area contributed by atoms with E-state index in [1.165, 1.54) is 36.0 Å². The summed E-state index contributed by atoms with van der Waals surface area (Å²) in [5.74, 6) is -0.901. The van der Waals surface area contributed by atoms with Gasteiger partial charge in [-0.1, -0.05) is 11.8 Å². The highest BCUT2D eigenvalue weighted by molar-refractivity contribution is 7.99. The number of carbonyl (C=O) groups excluding carboxylic acids is 2. The van der Waals surface area contributed by atoms with Crippen LogP contribution in [0, 0.1) is 19.7 Å². The van der Waals surface area contributed by atoms with E-state index in [2.05, 4.69) is 26.0 Å². The average Bonchev–Trinajstić information content (AvgIpc) is 3.01. The number of hydrazine groups is 1. The predicted octanol–water partition coefficient (Wildman–Crippen LogP) is 1.43. The van der Waals surface area contributed by atoms with Gasteiger partial charge in [-0.15, -0.1) is 10.2 Å². The largest absolute Gasteiger partial charge is 0.272 e. The molecule has 8 nitrogen and oxygen atoms in total. The average molecular weight is 374 g/mol. The topological polar surface area (TPSA) is 101 Å². The van der Waals surface area contributed by atoms with Gasteiger partial charge in [-0.25, -0.2) is 9.37 Å². The number of aryl methyl sites for hydroxylation is 2. The number of hydrogen-bond acceptors (Lipinski definition) is 6. The second-order valence-electron chi connectivity index (χ2n) is 5.45. The number of rotatable bonds is 4. The van der Waals surface area contributed by atoms with Gasteiger partial charge in [0.25, 0.3) is 11.7 Å². The van der Waals surface area contributed by atoms with Gasteiger partial charge < -0.3 is 0 Å². The summed E-state index contributed by atoms with van der Waals surface area (Å²) in [5, 5.41) is 8.55. The number of carbonyl (C=O) groups is 2. The fourth-order valence-electron chi connectivity index (χ4n) is 2.26. The van der Waals surface area contributed by atoms with Crippen molar-refractivity contribution in [3.05, 3.63) is 53.1 Å². The zero-order chi connectivity index (χ0) is 18.7. The third kappa shape index (κ3) is 3.97. The molecule has 2 heterocycles. The number of halogens is 1. The Morgan fingerprint density at radius 2 is 1.88 bits per heavy atom. The molecule has 0 bridgehead atoms. The zero-order valence-electron chi connectivity index (χ0n) is 14.0. The van der Waals surface area contributed by atoms with Crippen LogP contribution >= 0.6 is 11.8 Å². The number of fused-ring (bicyclic) bond motifs is 1. The van der Waals surface area contributed by atoms with Crippen molar-refractivity contribution in [1.29, 1.82) is 0 Å². The number of benzene rings is 1. The second kappa shape index (κ2) is 7.48. The molecular formula is C16H15FN6O2S. The second-order valence-corrected chi connectivity index (χ2v) is 6.40. The van der Waals surface area contributed by atoms with E-state index in [1.807, 2.05) is 19.9 Å². The van der Waals surface area contributed by atoms with E-state index < -0.39 is 17.6 Å². The highest BCUT2D eigenvalue weighted by Gasteiger charge is 2.13. The Hall–Kier alpha value is -3.01. The van der Waals surface area contributed by atoms with Crippen LogP contribution in [0.3, 0.4) is 0 Å². The Balaban J connectivity index is 1.56. The molecule has 0 unspecified atom stereocenters. The number of aromatic nitrogens is 4.